The minimum absolute atomic E-state index is 0.250. The van der Waals surface area contributed by atoms with Crippen molar-refractivity contribution in [3.05, 3.63) is 0 Å². The molecule has 13 heavy (non-hydrogen) atoms. The molecule has 2 nitrogen and oxygen atoms in total. The summed E-state index contributed by atoms with van der Waals surface area (Å²) >= 11 is 5.18. The molecule has 4 heteroatoms. The van der Waals surface area contributed by atoms with Gasteiger partial charge < -0.3 is 4.90 Å². The highest BCUT2D eigenvalue weighted by Crippen LogP contribution is 2.27. The van der Waals surface area contributed by atoms with Gasteiger partial charge in [-0.2, -0.15) is 0 Å². The number of carbonyl (C=O) groups excluding carboxylic acids is 1. The topological polar surface area (TPSA) is 20.3 Å². The Labute approximate surface area is 92.6 Å². The minimum atomic E-state index is 0.250. The van der Waals surface area contributed by atoms with Crippen LogP contribution >= 0.6 is 27.7 Å². The zero-order valence-corrected chi connectivity index (χ0v) is 10.4. The summed E-state index contributed by atoms with van der Waals surface area (Å²) in [4.78, 5) is 13.6. The fraction of sp³-hybridized carbons (Fsp3) is 0.889. The lowest BCUT2D eigenvalue weighted by atomic mass is 10.2. The Morgan fingerprint density at radius 2 is 2.46 bits per heavy atom. The number of thioether (sulfide) groups is 1. The quantitative estimate of drug-likeness (QED) is 0.726. The summed E-state index contributed by atoms with van der Waals surface area (Å²) in [5.41, 5.74) is 0. The number of alkyl halides is 1. The van der Waals surface area contributed by atoms with Crippen molar-refractivity contribution >= 4 is 33.6 Å². The van der Waals surface area contributed by atoms with Crippen LogP contribution in [0.5, 0.6) is 0 Å². The average Bonchev–Trinajstić information content (AvgIpc) is 2.65. The van der Waals surface area contributed by atoms with E-state index in [4.69, 9.17) is 0 Å². The maximum absolute atomic E-state index is 11.7. The van der Waals surface area contributed by atoms with Crippen molar-refractivity contribution in [3.8, 4) is 0 Å². The first kappa shape index (κ1) is 11.4. The van der Waals surface area contributed by atoms with Crippen LogP contribution in [-0.2, 0) is 4.79 Å². The molecule has 0 spiro atoms. The van der Waals surface area contributed by atoms with E-state index in [-0.39, 0.29) is 5.25 Å². The zero-order valence-electron chi connectivity index (χ0n) is 7.96. The van der Waals surface area contributed by atoms with Gasteiger partial charge in [0, 0.05) is 18.9 Å². The SMILES string of the molecule is CN(CCCBr)C(=O)C1CCCS1. The second kappa shape index (κ2) is 5.91. The molecule has 1 atom stereocenters. The lowest BCUT2D eigenvalue weighted by Crippen LogP contribution is -2.34. The summed E-state index contributed by atoms with van der Waals surface area (Å²) in [7, 11) is 1.91. The summed E-state index contributed by atoms with van der Waals surface area (Å²) < 4.78 is 0. The summed E-state index contributed by atoms with van der Waals surface area (Å²) in [5.74, 6) is 1.48. The number of hydrogen-bond acceptors (Lipinski definition) is 2. The van der Waals surface area contributed by atoms with Crippen molar-refractivity contribution < 1.29 is 4.79 Å². The highest BCUT2D eigenvalue weighted by molar-refractivity contribution is 9.09. The Morgan fingerprint density at radius 3 is 3.00 bits per heavy atom. The lowest BCUT2D eigenvalue weighted by molar-refractivity contribution is -0.129. The Morgan fingerprint density at radius 1 is 1.69 bits per heavy atom. The van der Waals surface area contributed by atoms with E-state index in [1.165, 1.54) is 6.42 Å². The van der Waals surface area contributed by atoms with Crippen LogP contribution in [0.15, 0.2) is 0 Å². The van der Waals surface area contributed by atoms with E-state index >= 15 is 0 Å². The van der Waals surface area contributed by atoms with Crippen molar-refractivity contribution in [2.24, 2.45) is 0 Å². The highest BCUT2D eigenvalue weighted by Gasteiger charge is 2.25. The molecule has 0 aromatic heterocycles. The standard InChI is InChI=1S/C9H16BrNOS/c1-11(6-3-5-10)9(12)8-4-2-7-13-8/h8H,2-7H2,1H3. The third kappa shape index (κ3) is 3.50. The Hall–Kier alpha value is 0.300. The van der Waals surface area contributed by atoms with E-state index < -0.39 is 0 Å². The predicted octanol–water partition coefficient (Wildman–Crippen LogP) is 2.13. The summed E-state index contributed by atoms with van der Waals surface area (Å²) in [6.45, 7) is 0.876. The molecule has 1 heterocycles. The number of hydrogen-bond donors (Lipinski definition) is 0. The second-order valence-corrected chi connectivity index (χ2v) is 5.41. The molecule has 0 N–H and O–H groups in total. The van der Waals surface area contributed by atoms with Crippen LogP contribution in [0.1, 0.15) is 19.3 Å². The smallest absolute Gasteiger partial charge is 0.235 e. The molecule has 1 aliphatic heterocycles. The normalized spacial score (nSPS) is 21.8. The molecule has 1 saturated heterocycles. The minimum Gasteiger partial charge on any atom is -0.345 e. The van der Waals surface area contributed by atoms with Gasteiger partial charge in [-0.15, -0.1) is 11.8 Å². The van der Waals surface area contributed by atoms with Crippen LogP contribution in [0.4, 0.5) is 0 Å². The maximum Gasteiger partial charge on any atom is 0.235 e. The van der Waals surface area contributed by atoms with Crippen molar-refractivity contribution in [2.45, 2.75) is 24.5 Å². The van der Waals surface area contributed by atoms with Crippen LogP contribution in [0, 0.1) is 0 Å². The van der Waals surface area contributed by atoms with Crippen LogP contribution in [-0.4, -0.2) is 40.7 Å². The van der Waals surface area contributed by atoms with Gasteiger partial charge in [0.05, 0.1) is 5.25 Å². The van der Waals surface area contributed by atoms with Crippen molar-refractivity contribution in [1.82, 2.24) is 4.90 Å². The summed E-state index contributed by atoms with van der Waals surface area (Å²) in [6, 6.07) is 0. The fourth-order valence-electron chi connectivity index (χ4n) is 1.43. The molecule has 0 aromatic carbocycles. The van der Waals surface area contributed by atoms with Gasteiger partial charge in [0.1, 0.15) is 0 Å². The van der Waals surface area contributed by atoms with Gasteiger partial charge in [-0.1, -0.05) is 15.9 Å². The van der Waals surface area contributed by atoms with Crippen LogP contribution in [0.3, 0.4) is 0 Å². The largest absolute Gasteiger partial charge is 0.345 e. The third-order valence-electron chi connectivity index (χ3n) is 2.21. The Balaban J connectivity index is 2.28. The average molecular weight is 266 g/mol. The van der Waals surface area contributed by atoms with Crippen molar-refractivity contribution in [2.75, 3.05) is 24.7 Å². The van der Waals surface area contributed by atoms with Gasteiger partial charge in [0.25, 0.3) is 0 Å². The van der Waals surface area contributed by atoms with E-state index in [1.54, 1.807) is 0 Å². The molecule has 0 saturated carbocycles. The van der Waals surface area contributed by atoms with E-state index in [0.29, 0.717) is 5.91 Å². The van der Waals surface area contributed by atoms with Crippen molar-refractivity contribution in [3.63, 3.8) is 0 Å². The van der Waals surface area contributed by atoms with Crippen LogP contribution in [0.2, 0.25) is 0 Å². The highest BCUT2D eigenvalue weighted by atomic mass is 79.9. The number of rotatable bonds is 4. The zero-order chi connectivity index (χ0) is 9.68. The van der Waals surface area contributed by atoms with Gasteiger partial charge in [0.15, 0.2) is 0 Å². The van der Waals surface area contributed by atoms with Gasteiger partial charge >= 0.3 is 0 Å². The molecular weight excluding hydrogens is 250 g/mol. The molecule has 1 aliphatic rings. The lowest BCUT2D eigenvalue weighted by Gasteiger charge is -2.19. The fourth-order valence-corrected chi connectivity index (χ4v) is 2.95. The molecule has 0 bridgehead atoms. The van der Waals surface area contributed by atoms with E-state index in [9.17, 15) is 4.79 Å². The molecule has 0 aromatic rings. The molecule has 1 rings (SSSR count). The first-order valence-corrected chi connectivity index (χ1v) is 6.85. The molecule has 1 unspecified atom stereocenters. The molecule has 1 amide bonds. The monoisotopic (exact) mass is 265 g/mol. The Bertz CT molecular complexity index is 171. The number of carbonyl (C=O) groups is 1. The number of amides is 1. The molecule has 76 valence electrons. The summed E-state index contributed by atoms with van der Waals surface area (Å²) in [6.07, 6.45) is 3.31. The summed E-state index contributed by atoms with van der Waals surface area (Å²) in [5, 5.41) is 1.22. The second-order valence-electron chi connectivity index (χ2n) is 3.30. The third-order valence-corrected chi connectivity index (χ3v) is 4.13. The number of nitrogens with zero attached hydrogens (tertiary/aromatic N) is 1. The first-order valence-electron chi connectivity index (χ1n) is 4.68. The van der Waals surface area contributed by atoms with Gasteiger partial charge in [-0.3, -0.25) is 4.79 Å². The van der Waals surface area contributed by atoms with Crippen LogP contribution < -0.4 is 0 Å². The van der Waals surface area contributed by atoms with E-state index in [2.05, 4.69) is 15.9 Å². The first-order chi connectivity index (χ1) is 6.25. The van der Waals surface area contributed by atoms with Crippen LogP contribution in [0.25, 0.3) is 0 Å². The molecule has 1 fully saturated rings. The molecular formula is C9H16BrNOS. The number of halogens is 1. The maximum atomic E-state index is 11.7. The van der Waals surface area contributed by atoms with Gasteiger partial charge in [-0.05, 0) is 25.0 Å². The molecule has 0 radical (unpaired) electrons. The van der Waals surface area contributed by atoms with Crippen molar-refractivity contribution in [1.29, 1.82) is 0 Å². The van der Waals surface area contributed by atoms with E-state index in [1.807, 2.05) is 23.7 Å². The Kier molecular flexibility index (Phi) is 5.17. The van der Waals surface area contributed by atoms with Gasteiger partial charge in [-0.25, -0.2) is 0 Å². The molecule has 0 aliphatic carbocycles. The van der Waals surface area contributed by atoms with E-state index in [0.717, 1.165) is 30.5 Å². The van der Waals surface area contributed by atoms with Gasteiger partial charge in [0.2, 0.25) is 5.91 Å². The predicted molar refractivity (Wildman–Crippen MR) is 61.5 cm³/mol.